The fourth-order valence-electron chi connectivity index (χ4n) is 3.15. The molecule has 0 saturated carbocycles. The van der Waals surface area contributed by atoms with Gasteiger partial charge in [-0.05, 0) is 39.7 Å². The summed E-state index contributed by atoms with van der Waals surface area (Å²) in [5, 5.41) is 13.7. The van der Waals surface area contributed by atoms with E-state index in [1.807, 2.05) is 0 Å². The molecule has 29 heavy (non-hydrogen) atoms. The van der Waals surface area contributed by atoms with Gasteiger partial charge in [-0.15, -0.1) is 38.0 Å². The number of nitrogens with one attached hydrogen (secondary N) is 1. The average Bonchev–Trinajstić information content (AvgIpc) is 2.63. The maximum absolute atomic E-state index is 13.7. The lowest BCUT2D eigenvalue weighted by atomic mass is 9.95. The van der Waals surface area contributed by atoms with Crippen LogP contribution in [0.3, 0.4) is 0 Å². The van der Waals surface area contributed by atoms with Crippen molar-refractivity contribution < 1.29 is 27.4 Å². The highest BCUT2D eigenvalue weighted by Crippen LogP contribution is 2.40. The molecule has 1 heterocycles. The number of ether oxygens (including phenoxy) is 1. The molecule has 4 nitrogen and oxygen atoms in total. The lowest BCUT2D eigenvalue weighted by Crippen LogP contribution is -2.45. The number of piperazine rings is 1. The van der Waals surface area contributed by atoms with Crippen LogP contribution in [0.5, 0.6) is 11.5 Å². The molecule has 2 N–H and O–H groups in total. The molecule has 1 aliphatic heterocycles. The van der Waals surface area contributed by atoms with Crippen molar-refractivity contribution in [2.75, 3.05) is 26.2 Å². The molecule has 162 valence electrons. The lowest BCUT2D eigenvalue weighted by molar-refractivity contribution is -0.274. The van der Waals surface area contributed by atoms with Crippen LogP contribution in [0.1, 0.15) is 17.2 Å². The Balaban J connectivity index is 0.00000210. The van der Waals surface area contributed by atoms with Crippen molar-refractivity contribution in [2.45, 2.75) is 12.4 Å². The predicted octanol–water partition coefficient (Wildman–Crippen LogP) is 5.03. The van der Waals surface area contributed by atoms with E-state index < -0.39 is 18.2 Å². The summed E-state index contributed by atoms with van der Waals surface area (Å²) in [7, 11) is 0. The number of nitrogens with zero attached hydrogens (tertiary/aromatic N) is 1. The van der Waals surface area contributed by atoms with Crippen LogP contribution in [0.4, 0.5) is 17.6 Å². The minimum atomic E-state index is -4.76. The molecule has 11 heteroatoms. The van der Waals surface area contributed by atoms with Gasteiger partial charge >= 0.3 is 6.36 Å². The number of aromatic hydroxyl groups is 1. The first-order valence-corrected chi connectivity index (χ1v) is 9.03. The number of halogens is 7. The van der Waals surface area contributed by atoms with Crippen molar-refractivity contribution >= 4 is 40.7 Å². The molecular weight excluding hydrogens is 503 g/mol. The van der Waals surface area contributed by atoms with Crippen LogP contribution in [0.25, 0.3) is 0 Å². The Hall–Kier alpha value is -1.26. The van der Waals surface area contributed by atoms with Gasteiger partial charge in [0.2, 0.25) is 0 Å². The minimum absolute atomic E-state index is 0. The molecule has 0 amide bonds. The molecule has 0 unspecified atom stereocenters. The van der Waals surface area contributed by atoms with Crippen molar-refractivity contribution in [2.24, 2.45) is 0 Å². The van der Waals surface area contributed by atoms with Gasteiger partial charge in [-0.1, -0.05) is 18.2 Å². The number of phenols is 1. The van der Waals surface area contributed by atoms with Gasteiger partial charge in [-0.3, -0.25) is 4.90 Å². The maximum Gasteiger partial charge on any atom is 0.573 e. The topological polar surface area (TPSA) is 44.7 Å². The SMILES string of the molecule is Cl.Cl.Oc1c([C@@H](c2ccc(OC(F)(F)F)cc2)N2CCNCC2)ccc(F)c1Br. The number of hydrogen-bond donors (Lipinski definition) is 2. The van der Waals surface area contributed by atoms with Crippen LogP contribution in [0.2, 0.25) is 0 Å². The van der Waals surface area contributed by atoms with E-state index in [4.69, 9.17) is 0 Å². The third-order valence-corrected chi connectivity index (χ3v) is 5.10. The summed E-state index contributed by atoms with van der Waals surface area (Å²) < 4.78 is 54.7. The zero-order valence-electron chi connectivity index (χ0n) is 14.9. The van der Waals surface area contributed by atoms with E-state index in [0.717, 1.165) is 13.1 Å². The van der Waals surface area contributed by atoms with Gasteiger partial charge in [-0.25, -0.2) is 4.39 Å². The molecule has 0 spiro atoms. The second kappa shape index (κ2) is 10.7. The molecule has 1 atom stereocenters. The summed E-state index contributed by atoms with van der Waals surface area (Å²) in [6.07, 6.45) is -4.76. The van der Waals surface area contributed by atoms with Gasteiger partial charge in [0.05, 0.1) is 10.5 Å². The quantitative estimate of drug-likeness (QED) is 0.554. The Morgan fingerprint density at radius 3 is 2.17 bits per heavy atom. The second-order valence-corrected chi connectivity index (χ2v) is 6.90. The van der Waals surface area contributed by atoms with E-state index in [9.17, 15) is 22.7 Å². The molecule has 0 aliphatic carbocycles. The monoisotopic (exact) mass is 520 g/mol. The predicted molar refractivity (Wildman–Crippen MR) is 110 cm³/mol. The molecular formula is C18H19BrCl2F4N2O2. The van der Waals surface area contributed by atoms with Gasteiger partial charge in [0.15, 0.2) is 0 Å². The largest absolute Gasteiger partial charge is 0.573 e. The Morgan fingerprint density at radius 2 is 1.62 bits per heavy atom. The number of hydrogen-bond acceptors (Lipinski definition) is 4. The van der Waals surface area contributed by atoms with Crippen molar-refractivity contribution in [3.8, 4) is 11.5 Å². The zero-order valence-corrected chi connectivity index (χ0v) is 18.1. The third-order valence-electron chi connectivity index (χ3n) is 4.34. The average molecular weight is 522 g/mol. The molecule has 0 bridgehead atoms. The van der Waals surface area contributed by atoms with E-state index >= 15 is 0 Å². The van der Waals surface area contributed by atoms with Crippen molar-refractivity contribution in [3.63, 3.8) is 0 Å². The molecule has 1 fully saturated rings. The van der Waals surface area contributed by atoms with Crippen LogP contribution in [0, 0.1) is 5.82 Å². The Morgan fingerprint density at radius 1 is 1.03 bits per heavy atom. The normalized spacial score (nSPS) is 15.8. The number of alkyl halides is 3. The van der Waals surface area contributed by atoms with Gasteiger partial charge in [0.1, 0.15) is 17.3 Å². The summed E-state index contributed by atoms with van der Waals surface area (Å²) in [6.45, 7) is 2.80. The molecule has 3 rings (SSSR count). The molecule has 0 radical (unpaired) electrons. The molecule has 1 saturated heterocycles. The van der Waals surface area contributed by atoms with E-state index in [-0.39, 0.29) is 40.8 Å². The fraction of sp³-hybridized carbons (Fsp3) is 0.333. The van der Waals surface area contributed by atoms with Crippen LogP contribution in [-0.4, -0.2) is 42.5 Å². The summed E-state index contributed by atoms with van der Waals surface area (Å²) >= 11 is 3.04. The molecule has 1 aliphatic rings. The smallest absolute Gasteiger partial charge is 0.506 e. The van der Waals surface area contributed by atoms with Gasteiger partial charge in [0, 0.05) is 31.7 Å². The van der Waals surface area contributed by atoms with Crippen LogP contribution >= 0.6 is 40.7 Å². The first-order chi connectivity index (χ1) is 12.8. The Bertz CT molecular complexity index is 804. The first kappa shape index (κ1) is 25.8. The van der Waals surface area contributed by atoms with E-state index in [2.05, 4.69) is 30.9 Å². The minimum Gasteiger partial charge on any atom is -0.506 e. The highest BCUT2D eigenvalue weighted by molar-refractivity contribution is 9.10. The van der Waals surface area contributed by atoms with E-state index in [0.29, 0.717) is 24.2 Å². The molecule has 0 aromatic heterocycles. The zero-order chi connectivity index (χ0) is 19.6. The van der Waals surface area contributed by atoms with Crippen LogP contribution in [0.15, 0.2) is 40.9 Å². The van der Waals surface area contributed by atoms with Gasteiger partial charge < -0.3 is 15.2 Å². The van der Waals surface area contributed by atoms with E-state index in [1.165, 1.54) is 36.4 Å². The van der Waals surface area contributed by atoms with Crippen molar-refractivity contribution in [1.29, 1.82) is 0 Å². The van der Waals surface area contributed by atoms with Crippen LogP contribution < -0.4 is 10.1 Å². The maximum atomic E-state index is 13.7. The Labute approximate surface area is 186 Å². The number of phenolic OH excluding ortho intramolecular Hbond substituents is 1. The molecule has 2 aromatic carbocycles. The highest BCUT2D eigenvalue weighted by Gasteiger charge is 2.32. The summed E-state index contributed by atoms with van der Waals surface area (Å²) in [6, 6.07) is 7.79. The third kappa shape index (κ3) is 6.36. The second-order valence-electron chi connectivity index (χ2n) is 6.10. The molecule has 2 aromatic rings. The lowest BCUT2D eigenvalue weighted by Gasteiger charge is -2.36. The van der Waals surface area contributed by atoms with Gasteiger partial charge in [-0.2, -0.15) is 0 Å². The first-order valence-electron chi connectivity index (χ1n) is 8.23. The van der Waals surface area contributed by atoms with Crippen molar-refractivity contribution in [1.82, 2.24) is 10.2 Å². The summed E-state index contributed by atoms with van der Waals surface area (Å²) in [4.78, 5) is 2.08. The summed E-state index contributed by atoms with van der Waals surface area (Å²) in [5.41, 5.74) is 1.13. The van der Waals surface area contributed by atoms with Crippen LogP contribution in [-0.2, 0) is 0 Å². The number of benzene rings is 2. The highest BCUT2D eigenvalue weighted by atomic mass is 79.9. The van der Waals surface area contributed by atoms with E-state index in [1.54, 1.807) is 0 Å². The summed E-state index contributed by atoms with van der Waals surface area (Å²) in [5.74, 6) is -1.15. The number of rotatable bonds is 4. The Kier molecular flexibility index (Phi) is 9.49. The van der Waals surface area contributed by atoms with Gasteiger partial charge in [0.25, 0.3) is 0 Å². The standard InChI is InChI=1S/C18H17BrF4N2O2.2ClH/c19-15-14(20)6-5-13(17(15)26)16(25-9-7-24-8-10-25)11-1-3-12(4-2-11)27-18(21,22)23;;/h1-6,16,24,26H,7-10H2;2*1H/t16-;;/m1../s1. The van der Waals surface area contributed by atoms with Crippen molar-refractivity contribution in [3.05, 3.63) is 57.8 Å². The fourth-order valence-corrected chi connectivity index (χ4v) is 3.52.